The Hall–Kier alpha value is -0.880. The van der Waals surface area contributed by atoms with Gasteiger partial charge in [-0.3, -0.25) is 10.1 Å². The van der Waals surface area contributed by atoms with Crippen molar-refractivity contribution >= 4 is 38.9 Å². The van der Waals surface area contributed by atoms with E-state index in [1.54, 1.807) is 0 Å². The van der Waals surface area contributed by atoms with Crippen molar-refractivity contribution in [3.05, 3.63) is 25.9 Å². The van der Waals surface area contributed by atoms with E-state index in [9.17, 15) is 10.1 Å². The van der Waals surface area contributed by atoms with Crippen molar-refractivity contribution in [2.75, 3.05) is 5.32 Å². The zero-order valence-corrected chi connectivity index (χ0v) is 10.5. The smallest absolute Gasteiger partial charge is 0.330 e. The summed E-state index contributed by atoms with van der Waals surface area (Å²) in [6.07, 6.45) is 1.43. The molecular formula is C8H9BrClN3O2. The monoisotopic (exact) mass is 293 g/mol. The summed E-state index contributed by atoms with van der Waals surface area (Å²) >= 11 is 8.86. The molecule has 1 aromatic heterocycles. The lowest BCUT2D eigenvalue weighted by Crippen LogP contribution is -2.12. The maximum absolute atomic E-state index is 10.8. The van der Waals surface area contributed by atoms with Crippen LogP contribution >= 0.6 is 27.5 Å². The van der Waals surface area contributed by atoms with Gasteiger partial charge in [0.2, 0.25) is 5.15 Å². The van der Waals surface area contributed by atoms with E-state index in [0.29, 0.717) is 10.2 Å². The average Bonchev–Trinajstić information content (AvgIpc) is 2.10. The predicted molar refractivity (Wildman–Crippen MR) is 62.4 cm³/mol. The fourth-order valence-corrected chi connectivity index (χ4v) is 1.66. The molecule has 15 heavy (non-hydrogen) atoms. The zero-order chi connectivity index (χ0) is 11.6. The number of rotatable bonds is 3. The molecule has 5 nitrogen and oxygen atoms in total. The Balaban J connectivity index is 3.31. The SMILES string of the molecule is CC(C)Nc1c(Br)cnc(Cl)c1[N+](=O)[O-]. The lowest BCUT2D eigenvalue weighted by Gasteiger charge is -2.12. The van der Waals surface area contributed by atoms with Gasteiger partial charge in [0.05, 0.1) is 9.40 Å². The molecule has 0 saturated carbocycles. The second kappa shape index (κ2) is 4.76. The summed E-state index contributed by atoms with van der Waals surface area (Å²) in [6.45, 7) is 3.76. The van der Waals surface area contributed by atoms with Crippen LogP contribution in [0.1, 0.15) is 13.8 Å². The molecule has 0 amide bonds. The minimum absolute atomic E-state index is 0.0680. The van der Waals surface area contributed by atoms with Gasteiger partial charge >= 0.3 is 5.69 Å². The van der Waals surface area contributed by atoms with Crippen molar-refractivity contribution in [1.82, 2.24) is 4.98 Å². The summed E-state index contributed by atoms with van der Waals surface area (Å²) in [5.74, 6) is 0. The van der Waals surface area contributed by atoms with Crippen molar-refractivity contribution in [3.8, 4) is 0 Å². The van der Waals surface area contributed by atoms with E-state index in [1.807, 2.05) is 13.8 Å². The molecule has 1 N–H and O–H groups in total. The molecule has 0 aliphatic rings. The minimum Gasteiger partial charge on any atom is -0.376 e. The molecular weight excluding hydrogens is 285 g/mol. The Morgan fingerprint density at radius 1 is 1.67 bits per heavy atom. The number of hydrogen-bond donors (Lipinski definition) is 1. The molecule has 0 atom stereocenters. The molecule has 1 aromatic rings. The Kier molecular flexibility index (Phi) is 3.87. The van der Waals surface area contributed by atoms with Crippen LogP contribution in [-0.4, -0.2) is 15.9 Å². The Bertz CT molecular complexity index is 398. The van der Waals surface area contributed by atoms with Crippen LogP contribution in [0, 0.1) is 10.1 Å². The molecule has 0 aromatic carbocycles. The van der Waals surface area contributed by atoms with Crippen LogP contribution in [0.4, 0.5) is 11.4 Å². The second-order valence-electron chi connectivity index (χ2n) is 3.18. The van der Waals surface area contributed by atoms with Gasteiger partial charge < -0.3 is 5.32 Å². The number of halogens is 2. The third kappa shape index (κ3) is 2.79. The van der Waals surface area contributed by atoms with E-state index < -0.39 is 4.92 Å². The van der Waals surface area contributed by atoms with E-state index in [0.717, 1.165) is 0 Å². The van der Waals surface area contributed by atoms with Crippen molar-refractivity contribution in [3.63, 3.8) is 0 Å². The highest BCUT2D eigenvalue weighted by molar-refractivity contribution is 9.10. The largest absolute Gasteiger partial charge is 0.376 e. The van der Waals surface area contributed by atoms with Crippen LogP contribution in [0.3, 0.4) is 0 Å². The predicted octanol–water partition coefficient (Wildman–Crippen LogP) is 3.23. The fourth-order valence-electron chi connectivity index (χ4n) is 1.05. The number of anilines is 1. The van der Waals surface area contributed by atoms with Gasteiger partial charge in [-0.25, -0.2) is 4.98 Å². The van der Waals surface area contributed by atoms with Gasteiger partial charge in [0.15, 0.2) is 0 Å². The third-order valence-corrected chi connectivity index (χ3v) is 2.46. The number of pyridine rings is 1. The zero-order valence-electron chi connectivity index (χ0n) is 8.12. The van der Waals surface area contributed by atoms with Crippen LogP contribution in [0.15, 0.2) is 10.7 Å². The first-order valence-electron chi connectivity index (χ1n) is 4.18. The lowest BCUT2D eigenvalue weighted by molar-refractivity contribution is -0.384. The quantitative estimate of drug-likeness (QED) is 0.528. The van der Waals surface area contributed by atoms with Crippen LogP contribution in [-0.2, 0) is 0 Å². The number of aromatic nitrogens is 1. The first-order valence-corrected chi connectivity index (χ1v) is 5.35. The van der Waals surface area contributed by atoms with E-state index in [1.165, 1.54) is 6.20 Å². The fraction of sp³-hybridized carbons (Fsp3) is 0.375. The summed E-state index contributed by atoms with van der Waals surface area (Å²) in [4.78, 5) is 14.0. The molecule has 0 unspecified atom stereocenters. The van der Waals surface area contributed by atoms with Crippen LogP contribution in [0.2, 0.25) is 5.15 Å². The number of nitrogens with one attached hydrogen (secondary N) is 1. The molecule has 0 fully saturated rings. The summed E-state index contributed by atoms with van der Waals surface area (Å²) in [5.41, 5.74) is 0.148. The summed E-state index contributed by atoms with van der Waals surface area (Å²) in [6, 6.07) is 0.0680. The van der Waals surface area contributed by atoms with Crippen molar-refractivity contribution in [1.29, 1.82) is 0 Å². The van der Waals surface area contributed by atoms with E-state index in [-0.39, 0.29) is 16.9 Å². The van der Waals surface area contributed by atoms with Gasteiger partial charge in [0, 0.05) is 12.2 Å². The van der Waals surface area contributed by atoms with E-state index >= 15 is 0 Å². The molecule has 0 aliphatic heterocycles. The molecule has 1 rings (SSSR count). The van der Waals surface area contributed by atoms with Gasteiger partial charge in [-0.15, -0.1) is 0 Å². The molecule has 0 radical (unpaired) electrons. The Morgan fingerprint density at radius 3 is 2.73 bits per heavy atom. The van der Waals surface area contributed by atoms with Crippen LogP contribution in [0.25, 0.3) is 0 Å². The third-order valence-electron chi connectivity index (χ3n) is 1.58. The molecule has 0 saturated heterocycles. The van der Waals surface area contributed by atoms with Crippen LogP contribution in [0.5, 0.6) is 0 Å². The van der Waals surface area contributed by atoms with Crippen molar-refractivity contribution in [2.45, 2.75) is 19.9 Å². The summed E-state index contributed by atoms with van der Waals surface area (Å²) < 4.78 is 0.521. The number of hydrogen-bond acceptors (Lipinski definition) is 4. The maximum atomic E-state index is 10.8. The van der Waals surface area contributed by atoms with E-state index in [4.69, 9.17) is 11.6 Å². The molecule has 0 bridgehead atoms. The highest BCUT2D eigenvalue weighted by Gasteiger charge is 2.23. The van der Waals surface area contributed by atoms with Gasteiger partial charge in [-0.1, -0.05) is 11.6 Å². The summed E-state index contributed by atoms with van der Waals surface area (Å²) in [7, 11) is 0. The van der Waals surface area contributed by atoms with Crippen LogP contribution < -0.4 is 5.32 Å². The Morgan fingerprint density at radius 2 is 2.27 bits per heavy atom. The average molecular weight is 295 g/mol. The normalized spacial score (nSPS) is 10.5. The summed E-state index contributed by atoms with van der Waals surface area (Å²) in [5, 5.41) is 13.6. The first kappa shape index (κ1) is 12.2. The first-order chi connectivity index (χ1) is 6.93. The van der Waals surface area contributed by atoms with E-state index in [2.05, 4.69) is 26.2 Å². The molecule has 82 valence electrons. The second-order valence-corrected chi connectivity index (χ2v) is 4.39. The van der Waals surface area contributed by atoms with Gasteiger partial charge in [0.1, 0.15) is 5.69 Å². The highest BCUT2D eigenvalue weighted by Crippen LogP contribution is 2.36. The minimum atomic E-state index is -0.551. The standard InChI is InChI=1S/C8H9BrClN3O2/c1-4(2)12-6-5(9)3-11-8(10)7(6)13(14)15/h3-4H,1-2H3,(H,11,12). The van der Waals surface area contributed by atoms with Gasteiger partial charge in [-0.2, -0.15) is 0 Å². The van der Waals surface area contributed by atoms with Gasteiger partial charge in [0.25, 0.3) is 0 Å². The molecule has 0 aliphatic carbocycles. The van der Waals surface area contributed by atoms with Crippen molar-refractivity contribution < 1.29 is 4.92 Å². The topological polar surface area (TPSA) is 68.1 Å². The number of nitrogens with zero attached hydrogens (tertiary/aromatic N) is 2. The lowest BCUT2D eigenvalue weighted by atomic mass is 10.3. The van der Waals surface area contributed by atoms with Gasteiger partial charge in [-0.05, 0) is 29.8 Å². The Labute approximate surface area is 100 Å². The number of nitro groups is 1. The molecule has 0 spiro atoms. The maximum Gasteiger partial charge on any atom is 0.330 e. The molecule has 7 heteroatoms. The molecule has 1 heterocycles. The highest BCUT2D eigenvalue weighted by atomic mass is 79.9. The van der Waals surface area contributed by atoms with Crippen molar-refractivity contribution in [2.24, 2.45) is 0 Å².